The van der Waals surface area contributed by atoms with Crippen LogP contribution in [0.4, 0.5) is 0 Å². The van der Waals surface area contributed by atoms with Crippen LogP contribution in [-0.4, -0.2) is 4.98 Å². The van der Waals surface area contributed by atoms with Gasteiger partial charge in [0.15, 0.2) is 0 Å². The second kappa shape index (κ2) is 6.51. The number of rotatable bonds is 3. The predicted molar refractivity (Wildman–Crippen MR) is 112 cm³/mol. The van der Waals surface area contributed by atoms with Crippen LogP contribution in [0, 0.1) is 6.92 Å². The summed E-state index contributed by atoms with van der Waals surface area (Å²) in [5, 5.41) is 0. The standard InChI is InChI=1S/C26H21N/c1-18-8-2-4-11-22(18)26-20(16-21-10-6-7-15-27-21)13-14-24-23-12-5-3-9-19(23)17-25(24)26/h2-15H,16-17H2,1H3. The molecule has 1 heterocycles. The Balaban J connectivity index is 1.73. The van der Waals surface area contributed by atoms with Gasteiger partial charge in [-0.2, -0.15) is 0 Å². The van der Waals surface area contributed by atoms with Crippen molar-refractivity contribution in [2.45, 2.75) is 19.8 Å². The normalized spacial score (nSPS) is 11.9. The van der Waals surface area contributed by atoms with Gasteiger partial charge >= 0.3 is 0 Å². The van der Waals surface area contributed by atoms with Gasteiger partial charge in [-0.1, -0.05) is 66.7 Å². The summed E-state index contributed by atoms with van der Waals surface area (Å²) >= 11 is 0. The third-order valence-corrected chi connectivity index (χ3v) is 5.59. The lowest BCUT2D eigenvalue weighted by molar-refractivity contribution is 1.07. The smallest absolute Gasteiger partial charge is 0.0447 e. The molecule has 130 valence electrons. The Hall–Kier alpha value is -3.19. The Morgan fingerprint density at radius 1 is 0.741 bits per heavy atom. The summed E-state index contributed by atoms with van der Waals surface area (Å²) in [5.74, 6) is 0. The average Bonchev–Trinajstić information content (AvgIpc) is 3.08. The van der Waals surface area contributed by atoms with Gasteiger partial charge in [0.2, 0.25) is 0 Å². The van der Waals surface area contributed by atoms with Crippen LogP contribution in [0.1, 0.15) is 27.9 Å². The van der Waals surface area contributed by atoms with Gasteiger partial charge in [-0.3, -0.25) is 4.98 Å². The van der Waals surface area contributed by atoms with E-state index in [0.29, 0.717) is 0 Å². The molecule has 0 N–H and O–H groups in total. The summed E-state index contributed by atoms with van der Waals surface area (Å²) in [5.41, 5.74) is 12.2. The SMILES string of the molecule is Cc1ccccc1-c1c(Cc2ccccn2)ccc2c1Cc1ccccc1-2. The summed E-state index contributed by atoms with van der Waals surface area (Å²) < 4.78 is 0. The van der Waals surface area contributed by atoms with Crippen molar-refractivity contribution >= 4 is 0 Å². The van der Waals surface area contributed by atoms with E-state index in [0.717, 1.165) is 18.5 Å². The Kier molecular flexibility index (Phi) is 3.86. The molecule has 0 atom stereocenters. The van der Waals surface area contributed by atoms with E-state index < -0.39 is 0 Å². The van der Waals surface area contributed by atoms with E-state index in [1.807, 2.05) is 12.3 Å². The minimum atomic E-state index is 0.855. The van der Waals surface area contributed by atoms with E-state index in [2.05, 4.69) is 84.7 Å². The summed E-state index contributed by atoms with van der Waals surface area (Å²) in [6.07, 6.45) is 3.74. The second-order valence-corrected chi connectivity index (χ2v) is 7.27. The van der Waals surface area contributed by atoms with Gasteiger partial charge < -0.3 is 0 Å². The number of hydrogen-bond donors (Lipinski definition) is 0. The Labute approximate surface area is 160 Å². The van der Waals surface area contributed by atoms with Crippen LogP contribution < -0.4 is 0 Å². The quantitative estimate of drug-likeness (QED) is 0.377. The van der Waals surface area contributed by atoms with Crippen molar-refractivity contribution in [2.75, 3.05) is 0 Å². The largest absolute Gasteiger partial charge is 0.261 e. The van der Waals surface area contributed by atoms with Crippen LogP contribution in [-0.2, 0) is 12.8 Å². The highest BCUT2D eigenvalue weighted by atomic mass is 14.7. The monoisotopic (exact) mass is 347 g/mol. The van der Waals surface area contributed by atoms with Crippen molar-refractivity contribution in [3.8, 4) is 22.3 Å². The fourth-order valence-electron chi connectivity index (χ4n) is 4.29. The number of nitrogens with zero attached hydrogens (tertiary/aromatic N) is 1. The van der Waals surface area contributed by atoms with Gasteiger partial charge in [0.25, 0.3) is 0 Å². The van der Waals surface area contributed by atoms with E-state index in [4.69, 9.17) is 0 Å². The minimum absolute atomic E-state index is 0.855. The number of pyridine rings is 1. The van der Waals surface area contributed by atoms with Crippen molar-refractivity contribution in [2.24, 2.45) is 0 Å². The van der Waals surface area contributed by atoms with E-state index in [1.54, 1.807) is 0 Å². The van der Waals surface area contributed by atoms with Gasteiger partial charge in [-0.05, 0) is 70.0 Å². The zero-order valence-electron chi connectivity index (χ0n) is 15.4. The molecule has 3 aromatic carbocycles. The van der Waals surface area contributed by atoms with Gasteiger partial charge in [0, 0.05) is 18.3 Å². The van der Waals surface area contributed by atoms with Crippen LogP contribution in [0.5, 0.6) is 0 Å². The predicted octanol–water partition coefficient (Wildman–Crippen LogP) is 6.22. The molecule has 0 spiro atoms. The van der Waals surface area contributed by atoms with Gasteiger partial charge in [0.05, 0.1) is 0 Å². The lowest BCUT2D eigenvalue weighted by Gasteiger charge is -2.17. The third-order valence-electron chi connectivity index (χ3n) is 5.59. The fraction of sp³-hybridized carbons (Fsp3) is 0.115. The highest BCUT2D eigenvalue weighted by Gasteiger charge is 2.24. The van der Waals surface area contributed by atoms with Crippen LogP contribution in [0.3, 0.4) is 0 Å². The first-order valence-corrected chi connectivity index (χ1v) is 9.50. The third kappa shape index (κ3) is 2.76. The zero-order valence-corrected chi connectivity index (χ0v) is 15.4. The topological polar surface area (TPSA) is 12.9 Å². The molecule has 0 amide bonds. The van der Waals surface area contributed by atoms with Gasteiger partial charge in [-0.15, -0.1) is 0 Å². The fourth-order valence-corrected chi connectivity index (χ4v) is 4.29. The number of fused-ring (bicyclic) bond motifs is 3. The molecule has 1 nitrogen and oxygen atoms in total. The number of aromatic nitrogens is 1. The Morgan fingerprint density at radius 2 is 1.52 bits per heavy atom. The number of aryl methyl sites for hydroxylation is 1. The van der Waals surface area contributed by atoms with Crippen LogP contribution in [0.25, 0.3) is 22.3 Å². The second-order valence-electron chi connectivity index (χ2n) is 7.27. The molecule has 1 aliphatic rings. The molecule has 4 aromatic rings. The Bertz CT molecular complexity index is 1130. The van der Waals surface area contributed by atoms with Crippen molar-refractivity contribution in [1.29, 1.82) is 0 Å². The first kappa shape index (κ1) is 16.0. The lowest BCUT2D eigenvalue weighted by atomic mass is 9.87. The summed E-state index contributed by atoms with van der Waals surface area (Å²) in [6.45, 7) is 2.21. The highest BCUT2D eigenvalue weighted by Crippen LogP contribution is 2.44. The first-order valence-electron chi connectivity index (χ1n) is 9.50. The molecule has 1 heteroatoms. The van der Waals surface area contributed by atoms with Crippen molar-refractivity contribution in [3.05, 3.63) is 113 Å². The maximum Gasteiger partial charge on any atom is 0.0447 e. The molecule has 5 rings (SSSR count). The molecule has 1 aliphatic carbocycles. The van der Waals surface area contributed by atoms with E-state index >= 15 is 0 Å². The first-order chi connectivity index (χ1) is 13.3. The van der Waals surface area contributed by atoms with E-state index in [-0.39, 0.29) is 0 Å². The molecule has 0 aliphatic heterocycles. The van der Waals surface area contributed by atoms with Crippen LogP contribution in [0.15, 0.2) is 85.1 Å². The zero-order chi connectivity index (χ0) is 18.2. The van der Waals surface area contributed by atoms with E-state index in [1.165, 1.54) is 44.5 Å². The summed E-state index contributed by atoms with van der Waals surface area (Å²) in [6, 6.07) is 28.3. The molecule has 0 unspecified atom stereocenters. The molecule has 1 aromatic heterocycles. The van der Waals surface area contributed by atoms with Gasteiger partial charge in [0.1, 0.15) is 0 Å². The highest BCUT2D eigenvalue weighted by molar-refractivity contribution is 5.87. The molecule has 0 radical (unpaired) electrons. The summed E-state index contributed by atoms with van der Waals surface area (Å²) in [7, 11) is 0. The number of hydrogen-bond acceptors (Lipinski definition) is 1. The molecule has 0 saturated carbocycles. The van der Waals surface area contributed by atoms with Gasteiger partial charge in [-0.25, -0.2) is 0 Å². The summed E-state index contributed by atoms with van der Waals surface area (Å²) in [4.78, 5) is 4.56. The minimum Gasteiger partial charge on any atom is -0.261 e. The molecular formula is C26H21N. The number of benzene rings is 3. The molecule has 27 heavy (non-hydrogen) atoms. The van der Waals surface area contributed by atoms with Crippen molar-refractivity contribution in [1.82, 2.24) is 4.98 Å². The van der Waals surface area contributed by atoms with Crippen LogP contribution in [0.2, 0.25) is 0 Å². The maximum atomic E-state index is 4.56. The molecular weight excluding hydrogens is 326 g/mol. The van der Waals surface area contributed by atoms with Crippen molar-refractivity contribution < 1.29 is 0 Å². The average molecular weight is 347 g/mol. The molecule has 0 fully saturated rings. The lowest BCUT2D eigenvalue weighted by Crippen LogP contribution is -1.99. The Morgan fingerprint density at radius 3 is 2.33 bits per heavy atom. The molecule has 0 saturated heterocycles. The van der Waals surface area contributed by atoms with Crippen molar-refractivity contribution in [3.63, 3.8) is 0 Å². The van der Waals surface area contributed by atoms with Crippen LogP contribution >= 0.6 is 0 Å². The maximum absolute atomic E-state index is 4.56. The van der Waals surface area contributed by atoms with E-state index in [9.17, 15) is 0 Å². The molecule has 0 bridgehead atoms.